The van der Waals surface area contributed by atoms with Crippen LogP contribution >= 0.6 is 0 Å². The average Bonchev–Trinajstić information content (AvgIpc) is 2.98. The van der Waals surface area contributed by atoms with Gasteiger partial charge in [-0.2, -0.15) is 5.10 Å². The molecule has 0 radical (unpaired) electrons. The Bertz CT molecular complexity index is 826. The lowest BCUT2D eigenvalue weighted by Crippen LogP contribution is -2.39. The molecule has 1 aliphatic carbocycles. The lowest BCUT2D eigenvalue weighted by atomic mass is 9.98. The molecule has 1 saturated carbocycles. The summed E-state index contributed by atoms with van der Waals surface area (Å²) in [5.41, 5.74) is 0.141. The Morgan fingerprint density at radius 3 is 2.92 bits per heavy atom. The van der Waals surface area contributed by atoms with Crippen LogP contribution in [-0.4, -0.2) is 49.8 Å². The van der Waals surface area contributed by atoms with Crippen molar-refractivity contribution in [1.82, 2.24) is 24.9 Å². The zero-order valence-corrected chi connectivity index (χ0v) is 12.6. The Labute approximate surface area is 134 Å². The van der Waals surface area contributed by atoms with Crippen molar-refractivity contribution < 1.29 is 18.0 Å². The van der Waals surface area contributed by atoms with Gasteiger partial charge in [-0.15, -0.1) is 5.10 Å². The van der Waals surface area contributed by atoms with E-state index in [1.54, 1.807) is 4.90 Å². The third-order valence-electron chi connectivity index (χ3n) is 4.45. The highest BCUT2D eigenvalue weighted by atomic mass is 19.3. The fourth-order valence-electron chi connectivity index (χ4n) is 3.05. The zero-order valence-electron chi connectivity index (χ0n) is 12.6. The van der Waals surface area contributed by atoms with Gasteiger partial charge in [-0.3, -0.25) is 9.48 Å². The Hall–Kier alpha value is -2.52. The number of nitrogens with zero attached hydrogens (tertiary/aromatic N) is 4. The van der Waals surface area contributed by atoms with Gasteiger partial charge in [-0.1, -0.05) is 0 Å². The molecule has 128 valence electrons. The van der Waals surface area contributed by atoms with Crippen LogP contribution in [0.1, 0.15) is 47.6 Å². The fourth-order valence-corrected chi connectivity index (χ4v) is 3.05. The van der Waals surface area contributed by atoms with Gasteiger partial charge in [0.15, 0.2) is 0 Å². The Morgan fingerprint density at radius 2 is 2.25 bits per heavy atom. The Balaban J connectivity index is 1.47. The van der Waals surface area contributed by atoms with Crippen LogP contribution in [0.3, 0.4) is 0 Å². The first-order chi connectivity index (χ1) is 11.4. The van der Waals surface area contributed by atoms with Gasteiger partial charge in [0.1, 0.15) is 11.7 Å². The van der Waals surface area contributed by atoms with E-state index in [9.17, 15) is 18.4 Å². The Kier molecular flexibility index (Phi) is 3.29. The molecular formula is C14H15F2N5O3. The summed E-state index contributed by atoms with van der Waals surface area (Å²) in [6, 6.07) is 0.501. The number of halogens is 2. The van der Waals surface area contributed by atoms with Crippen molar-refractivity contribution in [2.45, 2.75) is 37.1 Å². The van der Waals surface area contributed by atoms with Gasteiger partial charge in [0.2, 0.25) is 5.89 Å². The molecule has 2 aromatic rings. The predicted molar refractivity (Wildman–Crippen MR) is 75.8 cm³/mol. The summed E-state index contributed by atoms with van der Waals surface area (Å²) in [6.07, 6.45) is 2.65. The number of amides is 1. The van der Waals surface area contributed by atoms with E-state index in [2.05, 4.69) is 15.3 Å². The molecule has 1 aliphatic heterocycles. The van der Waals surface area contributed by atoms with E-state index < -0.39 is 17.7 Å². The second-order valence-corrected chi connectivity index (χ2v) is 6.20. The quantitative estimate of drug-likeness (QED) is 0.905. The van der Waals surface area contributed by atoms with Crippen LogP contribution in [0.25, 0.3) is 0 Å². The molecule has 2 aliphatic rings. The van der Waals surface area contributed by atoms with Crippen LogP contribution in [0.4, 0.5) is 8.78 Å². The van der Waals surface area contributed by atoms with Gasteiger partial charge in [-0.05, 0) is 18.9 Å². The average molecular weight is 339 g/mol. The largest absolute Gasteiger partial charge is 0.434 e. The summed E-state index contributed by atoms with van der Waals surface area (Å²) in [4.78, 5) is 25.2. The molecule has 0 spiro atoms. The molecule has 1 N–H and O–H groups in total. The first-order valence-electron chi connectivity index (χ1n) is 7.72. The number of carbonyl (C=O) groups is 1. The second-order valence-electron chi connectivity index (χ2n) is 6.20. The highest BCUT2D eigenvalue weighted by molar-refractivity contribution is 5.92. The summed E-state index contributed by atoms with van der Waals surface area (Å²) < 4.78 is 32.3. The van der Waals surface area contributed by atoms with Crippen LogP contribution in [0.15, 0.2) is 21.5 Å². The Morgan fingerprint density at radius 1 is 1.46 bits per heavy atom. The highest BCUT2D eigenvalue weighted by Crippen LogP contribution is 2.52. The van der Waals surface area contributed by atoms with Crippen molar-refractivity contribution >= 4 is 5.91 Å². The van der Waals surface area contributed by atoms with Crippen LogP contribution < -0.4 is 5.76 Å². The molecule has 1 saturated heterocycles. The lowest BCUT2D eigenvalue weighted by molar-refractivity contribution is 0.0687. The highest BCUT2D eigenvalue weighted by Gasteiger charge is 2.59. The number of nitrogens with one attached hydrogen (secondary N) is 1. The first kappa shape index (κ1) is 15.0. The molecule has 2 unspecified atom stereocenters. The monoisotopic (exact) mass is 339 g/mol. The van der Waals surface area contributed by atoms with Crippen LogP contribution in [0.5, 0.6) is 0 Å². The summed E-state index contributed by atoms with van der Waals surface area (Å²) in [5.74, 6) is -3.57. The van der Waals surface area contributed by atoms with E-state index in [1.807, 2.05) is 0 Å². The first-order valence-corrected chi connectivity index (χ1v) is 7.72. The van der Waals surface area contributed by atoms with Gasteiger partial charge in [0.05, 0.1) is 5.92 Å². The van der Waals surface area contributed by atoms with Crippen molar-refractivity contribution in [2.75, 3.05) is 13.1 Å². The topological polar surface area (TPSA) is 97.0 Å². The van der Waals surface area contributed by atoms with Gasteiger partial charge >= 0.3 is 5.76 Å². The minimum absolute atomic E-state index is 0.141. The van der Waals surface area contributed by atoms with E-state index in [4.69, 9.17) is 4.42 Å². The lowest BCUT2D eigenvalue weighted by Gasteiger charge is -2.30. The molecule has 1 amide bonds. The molecule has 2 atom stereocenters. The van der Waals surface area contributed by atoms with Crippen molar-refractivity contribution in [2.24, 2.45) is 0 Å². The summed E-state index contributed by atoms with van der Waals surface area (Å²) in [7, 11) is 0. The van der Waals surface area contributed by atoms with Crippen molar-refractivity contribution in [1.29, 1.82) is 0 Å². The zero-order chi connectivity index (χ0) is 16.9. The van der Waals surface area contributed by atoms with Gasteiger partial charge in [0.25, 0.3) is 11.8 Å². The molecule has 0 aromatic carbocycles. The molecule has 4 rings (SSSR count). The maximum atomic E-state index is 13.1. The maximum Gasteiger partial charge on any atom is 0.434 e. The minimum atomic E-state index is -2.74. The van der Waals surface area contributed by atoms with E-state index in [-0.39, 0.29) is 29.8 Å². The number of hydrogen-bond donors (Lipinski definition) is 1. The normalized spacial score (nSPS) is 25.7. The summed E-state index contributed by atoms with van der Waals surface area (Å²) in [5, 5.41) is 10.0. The number of carbonyl (C=O) groups excluding carboxylic acids is 1. The molecule has 10 heteroatoms. The number of alkyl halides is 2. The summed E-state index contributed by atoms with van der Waals surface area (Å²) in [6.45, 7) is 0.884. The van der Waals surface area contributed by atoms with Gasteiger partial charge in [0, 0.05) is 25.7 Å². The second kappa shape index (κ2) is 5.25. The standard InChI is InChI=1S/C14H15F2N5O3/c15-14(16)6-10(14)21-5-3-9(19-21)12(22)20-4-1-2-8(7-20)11-17-18-13(23)24-11/h3,5,8,10H,1-2,4,6-7H2,(H,18,23). The smallest absolute Gasteiger partial charge is 0.392 e. The van der Waals surface area contributed by atoms with E-state index in [0.717, 1.165) is 17.5 Å². The van der Waals surface area contributed by atoms with E-state index >= 15 is 0 Å². The van der Waals surface area contributed by atoms with Crippen LogP contribution in [0.2, 0.25) is 0 Å². The van der Waals surface area contributed by atoms with Crippen molar-refractivity contribution in [3.63, 3.8) is 0 Å². The summed E-state index contributed by atoms with van der Waals surface area (Å²) >= 11 is 0. The van der Waals surface area contributed by atoms with Gasteiger partial charge in [-0.25, -0.2) is 18.7 Å². The molecule has 0 bridgehead atoms. The number of aromatic amines is 1. The molecule has 24 heavy (non-hydrogen) atoms. The minimum Gasteiger partial charge on any atom is -0.392 e. The number of likely N-dealkylation sites (tertiary alicyclic amines) is 1. The van der Waals surface area contributed by atoms with Gasteiger partial charge < -0.3 is 9.32 Å². The van der Waals surface area contributed by atoms with E-state index in [0.29, 0.717) is 13.1 Å². The van der Waals surface area contributed by atoms with Crippen LogP contribution in [-0.2, 0) is 0 Å². The molecule has 2 aromatic heterocycles. The number of rotatable bonds is 3. The number of aromatic nitrogens is 4. The molecule has 3 heterocycles. The van der Waals surface area contributed by atoms with Crippen molar-refractivity contribution in [3.05, 3.63) is 34.4 Å². The fraction of sp³-hybridized carbons (Fsp3) is 0.571. The number of hydrogen-bond acceptors (Lipinski definition) is 5. The predicted octanol–water partition coefficient (Wildman–Crippen LogP) is 1.16. The molecule has 8 nitrogen and oxygen atoms in total. The number of H-pyrrole nitrogens is 1. The van der Waals surface area contributed by atoms with E-state index in [1.165, 1.54) is 12.3 Å². The SMILES string of the molecule is O=C(c1ccn(C2CC2(F)F)n1)N1CCCC(c2n[nH]c(=O)o2)C1. The maximum absolute atomic E-state index is 13.1. The van der Waals surface area contributed by atoms with Crippen molar-refractivity contribution in [3.8, 4) is 0 Å². The third kappa shape index (κ3) is 2.61. The van der Waals surface area contributed by atoms with Crippen LogP contribution in [0, 0.1) is 0 Å². The number of piperidine rings is 1. The third-order valence-corrected chi connectivity index (χ3v) is 4.45. The molecular weight excluding hydrogens is 324 g/mol. The molecule has 2 fully saturated rings.